The van der Waals surface area contributed by atoms with Gasteiger partial charge in [-0.3, -0.25) is 9.89 Å². The van der Waals surface area contributed by atoms with E-state index in [-0.39, 0.29) is 28.7 Å². The Labute approximate surface area is 209 Å². The summed E-state index contributed by atoms with van der Waals surface area (Å²) >= 11 is 6.37. The number of nitrogen functional groups attached to an aromatic ring is 1. The van der Waals surface area contributed by atoms with Crippen molar-refractivity contribution in [2.24, 2.45) is 10.4 Å². The summed E-state index contributed by atoms with van der Waals surface area (Å²) < 4.78 is 13.9. The number of aryl methyl sites for hydroxylation is 1. The number of rotatable bonds is 4. The van der Waals surface area contributed by atoms with E-state index < -0.39 is 11.9 Å². The first-order chi connectivity index (χ1) is 16.4. The van der Waals surface area contributed by atoms with E-state index in [1.54, 1.807) is 7.05 Å². The van der Waals surface area contributed by atoms with Crippen LogP contribution < -0.4 is 20.9 Å². The zero-order valence-corrected chi connectivity index (χ0v) is 21.2. The van der Waals surface area contributed by atoms with Gasteiger partial charge >= 0.3 is 6.03 Å². The predicted molar refractivity (Wildman–Crippen MR) is 140 cm³/mol. The van der Waals surface area contributed by atoms with E-state index in [0.29, 0.717) is 36.1 Å². The number of amides is 2. The number of aliphatic hydroxyl groups excluding tert-OH is 1. The smallest absolute Gasteiger partial charge is 0.322 e. The lowest BCUT2D eigenvalue weighted by atomic mass is 9.89. The highest BCUT2D eigenvalue weighted by molar-refractivity contribution is 6.40. The summed E-state index contributed by atoms with van der Waals surface area (Å²) in [4.78, 5) is 25.7. The van der Waals surface area contributed by atoms with E-state index in [0.717, 1.165) is 16.7 Å². The monoisotopic (exact) mass is 500 g/mol. The van der Waals surface area contributed by atoms with Crippen molar-refractivity contribution in [3.8, 4) is 0 Å². The molecule has 2 aromatic rings. The molecule has 0 fully saturated rings. The van der Waals surface area contributed by atoms with Crippen LogP contribution in [0.25, 0.3) is 11.6 Å². The van der Waals surface area contributed by atoms with Crippen LogP contribution in [-0.4, -0.2) is 54.7 Å². The number of pyridine rings is 1. The summed E-state index contributed by atoms with van der Waals surface area (Å²) in [6, 6.07) is 4.31. The van der Waals surface area contributed by atoms with Crippen LogP contribution in [0.2, 0.25) is 5.02 Å². The van der Waals surface area contributed by atoms with Crippen LogP contribution in [0.3, 0.4) is 0 Å². The maximum Gasteiger partial charge on any atom is 0.322 e. The fourth-order valence-electron chi connectivity index (χ4n) is 4.06. The van der Waals surface area contributed by atoms with Crippen LogP contribution in [0.4, 0.5) is 26.5 Å². The van der Waals surface area contributed by atoms with Crippen LogP contribution in [0, 0.1) is 18.2 Å². The van der Waals surface area contributed by atoms with Gasteiger partial charge < -0.3 is 21.1 Å². The largest absolute Gasteiger partial charge is 0.396 e. The summed E-state index contributed by atoms with van der Waals surface area (Å²) in [5.41, 5.74) is 8.43. The molecule has 2 aliphatic heterocycles. The second-order valence-electron chi connectivity index (χ2n) is 9.94. The normalized spacial score (nSPS) is 15.7. The highest BCUT2D eigenvalue weighted by atomic mass is 35.5. The van der Waals surface area contributed by atoms with Crippen molar-refractivity contribution in [2.75, 3.05) is 42.2 Å². The van der Waals surface area contributed by atoms with E-state index in [4.69, 9.17) is 22.3 Å². The molecule has 0 bridgehead atoms. The standard InChI is InChI=1S/C25H30ClFN6O2/c1-13-8-14-9-16(15-10-19(28)18(27)11-17(15)26)23-29-6-7-33(23)22(14)31-21(13)32(5)24(35)30-12-20(34)25(2,3)4/h8-11,20,34H,6-7,12,28H2,1-5H3,(H,30,35). The lowest BCUT2D eigenvalue weighted by Crippen LogP contribution is -2.45. The molecule has 1 unspecified atom stereocenters. The summed E-state index contributed by atoms with van der Waals surface area (Å²) in [6.07, 6.45) is 1.23. The number of nitrogens with two attached hydrogens (primary N) is 1. The number of aromatic nitrogens is 1. The molecule has 3 heterocycles. The predicted octanol–water partition coefficient (Wildman–Crippen LogP) is 4.09. The van der Waals surface area contributed by atoms with Crippen molar-refractivity contribution in [3.63, 3.8) is 0 Å². The van der Waals surface area contributed by atoms with Gasteiger partial charge in [0.2, 0.25) is 0 Å². The van der Waals surface area contributed by atoms with E-state index >= 15 is 0 Å². The lowest BCUT2D eigenvalue weighted by molar-refractivity contribution is 0.0652. The molecular formula is C25H30ClFN6O2. The number of carbonyl (C=O) groups is 1. The minimum Gasteiger partial charge on any atom is -0.396 e. The Morgan fingerprint density at radius 3 is 2.77 bits per heavy atom. The van der Waals surface area contributed by atoms with Crippen molar-refractivity contribution in [2.45, 2.75) is 33.8 Å². The van der Waals surface area contributed by atoms with E-state index in [1.165, 1.54) is 17.0 Å². The Bertz CT molecular complexity index is 1250. The van der Waals surface area contributed by atoms with Crippen molar-refractivity contribution in [1.29, 1.82) is 0 Å². The Morgan fingerprint density at radius 1 is 1.37 bits per heavy atom. The molecule has 1 aromatic heterocycles. The molecule has 4 rings (SSSR count). The number of aliphatic imine (C=N–C) groups is 1. The number of urea groups is 1. The Balaban J connectivity index is 1.68. The molecule has 0 saturated heterocycles. The molecule has 0 aliphatic carbocycles. The van der Waals surface area contributed by atoms with Gasteiger partial charge in [0.15, 0.2) is 0 Å². The quantitative estimate of drug-likeness (QED) is 0.548. The van der Waals surface area contributed by atoms with Gasteiger partial charge in [0, 0.05) is 36.8 Å². The highest BCUT2D eigenvalue weighted by Gasteiger charge is 2.32. The second-order valence-corrected chi connectivity index (χ2v) is 10.3. The van der Waals surface area contributed by atoms with Crippen LogP contribution >= 0.6 is 11.6 Å². The van der Waals surface area contributed by atoms with Crippen molar-refractivity contribution >= 4 is 52.4 Å². The third-order valence-corrected chi connectivity index (χ3v) is 6.59. The average Bonchev–Trinajstić information content (AvgIpc) is 3.27. The zero-order chi connectivity index (χ0) is 25.7. The molecule has 1 aromatic carbocycles. The zero-order valence-electron chi connectivity index (χ0n) is 20.5. The van der Waals surface area contributed by atoms with Crippen LogP contribution in [0.5, 0.6) is 0 Å². The topological polar surface area (TPSA) is 107 Å². The van der Waals surface area contributed by atoms with Gasteiger partial charge in [0.1, 0.15) is 23.3 Å². The first-order valence-electron chi connectivity index (χ1n) is 11.4. The fourth-order valence-corrected chi connectivity index (χ4v) is 4.31. The number of amidine groups is 1. The number of nitrogens with one attached hydrogen (secondary N) is 1. The SMILES string of the molecule is Cc1cc2c(nc1N(C)C(=O)NCC(O)C(C)(C)C)N1CCN=C1C(c1cc(N)c(F)cc1Cl)=C2. The number of nitrogens with zero attached hydrogens (tertiary/aromatic N) is 4. The van der Waals surface area contributed by atoms with E-state index in [2.05, 4.69) is 10.3 Å². The van der Waals surface area contributed by atoms with E-state index in [9.17, 15) is 14.3 Å². The highest BCUT2D eigenvalue weighted by Crippen LogP contribution is 2.40. The van der Waals surface area contributed by atoms with Gasteiger partial charge in [0.25, 0.3) is 0 Å². The molecule has 2 amide bonds. The molecule has 35 heavy (non-hydrogen) atoms. The molecule has 8 nitrogen and oxygen atoms in total. The molecule has 10 heteroatoms. The number of carbonyl (C=O) groups excluding carboxylic acids is 1. The molecule has 1 atom stereocenters. The molecular weight excluding hydrogens is 471 g/mol. The van der Waals surface area contributed by atoms with Gasteiger partial charge in [-0.25, -0.2) is 14.2 Å². The van der Waals surface area contributed by atoms with Gasteiger partial charge in [-0.2, -0.15) is 0 Å². The third kappa shape index (κ3) is 4.70. The number of aliphatic hydroxyl groups is 1. The third-order valence-electron chi connectivity index (χ3n) is 6.28. The Hall–Kier alpha value is -3.17. The van der Waals surface area contributed by atoms with Gasteiger partial charge in [-0.05, 0) is 42.2 Å². The fraction of sp³-hybridized carbons (Fsp3) is 0.400. The number of hydrogen-bond acceptors (Lipinski definition) is 6. The van der Waals surface area contributed by atoms with Gasteiger partial charge in [-0.15, -0.1) is 0 Å². The minimum atomic E-state index is -0.684. The van der Waals surface area contributed by atoms with Gasteiger partial charge in [0.05, 0.1) is 23.4 Å². The number of benzene rings is 1. The number of halogens is 2. The summed E-state index contributed by atoms with van der Waals surface area (Å²) in [6.45, 7) is 8.91. The number of hydrogen-bond donors (Lipinski definition) is 3. The molecule has 0 spiro atoms. The minimum absolute atomic E-state index is 0.00936. The average molecular weight is 501 g/mol. The first kappa shape index (κ1) is 24.9. The Morgan fingerprint density at radius 2 is 2.09 bits per heavy atom. The van der Waals surface area contributed by atoms with Gasteiger partial charge in [-0.1, -0.05) is 32.4 Å². The maximum absolute atomic E-state index is 13.9. The van der Waals surface area contributed by atoms with Crippen molar-refractivity contribution in [3.05, 3.63) is 45.7 Å². The van der Waals surface area contributed by atoms with Crippen LogP contribution in [-0.2, 0) is 0 Å². The summed E-state index contributed by atoms with van der Waals surface area (Å²) in [5, 5.41) is 13.3. The van der Waals surface area contributed by atoms with Crippen LogP contribution in [0.15, 0.2) is 23.2 Å². The number of anilines is 3. The first-order valence-corrected chi connectivity index (χ1v) is 11.8. The molecule has 4 N–H and O–H groups in total. The second kappa shape index (κ2) is 9.13. The molecule has 0 radical (unpaired) electrons. The van der Waals surface area contributed by atoms with Crippen molar-refractivity contribution < 1.29 is 14.3 Å². The number of fused-ring (bicyclic) bond motifs is 3. The maximum atomic E-state index is 13.9. The Kier molecular flexibility index (Phi) is 6.50. The lowest BCUT2D eigenvalue weighted by Gasteiger charge is -2.30. The van der Waals surface area contributed by atoms with Crippen molar-refractivity contribution in [1.82, 2.24) is 10.3 Å². The van der Waals surface area contributed by atoms with Crippen LogP contribution in [0.1, 0.15) is 37.5 Å². The summed E-state index contributed by atoms with van der Waals surface area (Å²) in [7, 11) is 1.64. The summed E-state index contributed by atoms with van der Waals surface area (Å²) in [5.74, 6) is 1.28. The molecule has 0 saturated carbocycles. The molecule has 186 valence electrons. The molecule has 2 aliphatic rings. The van der Waals surface area contributed by atoms with E-state index in [1.807, 2.05) is 44.7 Å².